The number of carbonyl (C=O) groups is 1. The Morgan fingerprint density at radius 2 is 2.50 bits per heavy atom. The minimum Gasteiger partial charge on any atom is -0.495 e. The molecule has 0 bridgehead atoms. The van der Waals surface area contributed by atoms with Crippen molar-refractivity contribution in [1.82, 2.24) is 15.1 Å². The van der Waals surface area contributed by atoms with Crippen molar-refractivity contribution in [2.24, 2.45) is 0 Å². The number of nitrogens with two attached hydrogens (primary N) is 1. The fourth-order valence-electron chi connectivity index (χ4n) is 1.49. The number of nitrogens with zero attached hydrogens (tertiary/aromatic N) is 2. The summed E-state index contributed by atoms with van der Waals surface area (Å²) in [4.78, 5) is 12.4. The number of carbonyl (C=O) groups excluding carboxylic acids is 1. The molecule has 0 atom stereocenters. The first-order valence-corrected chi connectivity index (χ1v) is 6.26. The van der Waals surface area contributed by atoms with Crippen molar-refractivity contribution in [1.29, 1.82) is 0 Å². The van der Waals surface area contributed by atoms with Crippen molar-refractivity contribution < 1.29 is 9.53 Å². The highest BCUT2D eigenvalue weighted by Crippen LogP contribution is 2.23. The molecular formula is C11H14N4O2S. The lowest BCUT2D eigenvalue weighted by atomic mass is 10.4. The van der Waals surface area contributed by atoms with Crippen LogP contribution in [0.5, 0.6) is 5.75 Å². The lowest BCUT2D eigenvalue weighted by Gasteiger charge is -2.05. The van der Waals surface area contributed by atoms with Gasteiger partial charge in [0.1, 0.15) is 10.6 Å². The zero-order valence-corrected chi connectivity index (χ0v) is 10.7. The first-order valence-electron chi connectivity index (χ1n) is 5.38. The third-order valence-electron chi connectivity index (χ3n) is 2.33. The van der Waals surface area contributed by atoms with Crippen LogP contribution in [0.2, 0.25) is 0 Å². The largest absolute Gasteiger partial charge is 0.495 e. The van der Waals surface area contributed by atoms with Crippen molar-refractivity contribution >= 4 is 22.9 Å². The number of amides is 1. The number of thiophene rings is 1. The van der Waals surface area contributed by atoms with Crippen molar-refractivity contribution in [2.75, 3.05) is 19.4 Å². The number of rotatable bonds is 5. The molecule has 0 aliphatic heterocycles. The molecule has 3 N–H and O–H groups in total. The van der Waals surface area contributed by atoms with Gasteiger partial charge in [0, 0.05) is 12.7 Å². The van der Waals surface area contributed by atoms with Gasteiger partial charge in [-0.15, -0.1) is 11.3 Å². The van der Waals surface area contributed by atoms with Gasteiger partial charge >= 0.3 is 0 Å². The molecule has 0 radical (unpaired) electrons. The Hall–Kier alpha value is -2.02. The van der Waals surface area contributed by atoms with Gasteiger partial charge in [0.15, 0.2) is 0 Å². The summed E-state index contributed by atoms with van der Waals surface area (Å²) in [5.74, 6) is 0.461. The number of hydrogen-bond acceptors (Lipinski definition) is 5. The third-order valence-corrected chi connectivity index (χ3v) is 3.23. The monoisotopic (exact) mass is 266 g/mol. The molecule has 96 valence electrons. The van der Waals surface area contributed by atoms with Crippen LogP contribution in [0.15, 0.2) is 23.8 Å². The van der Waals surface area contributed by atoms with Crippen molar-refractivity contribution in [3.8, 4) is 5.75 Å². The predicted octanol–water partition coefficient (Wildman–Crippen LogP) is 0.965. The Bertz CT molecular complexity index is 535. The summed E-state index contributed by atoms with van der Waals surface area (Å²) in [6.45, 7) is 1.07. The maximum absolute atomic E-state index is 11.8. The molecular weight excluding hydrogens is 252 g/mol. The molecule has 18 heavy (non-hydrogen) atoms. The molecule has 2 aromatic heterocycles. The Morgan fingerprint density at radius 3 is 3.17 bits per heavy atom. The Labute approximate surface area is 108 Å². The summed E-state index contributed by atoms with van der Waals surface area (Å²) in [5.41, 5.74) is 6.15. The van der Waals surface area contributed by atoms with Crippen molar-refractivity contribution in [3.05, 3.63) is 28.7 Å². The number of anilines is 1. The summed E-state index contributed by atoms with van der Waals surface area (Å²) in [7, 11) is 1.55. The van der Waals surface area contributed by atoms with Gasteiger partial charge < -0.3 is 15.8 Å². The van der Waals surface area contributed by atoms with Gasteiger partial charge in [-0.2, -0.15) is 5.10 Å². The van der Waals surface area contributed by atoms with E-state index in [4.69, 9.17) is 10.5 Å². The average Bonchev–Trinajstić information content (AvgIpc) is 2.97. The van der Waals surface area contributed by atoms with Crippen molar-refractivity contribution in [2.45, 2.75) is 6.54 Å². The predicted molar refractivity (Wildman–Crippen MR) is 69.8 cm³/mol. The van der Waals surface area contributed by atoms with Crippen LogP contribution in [0.1, 0.15) is 9.67 Å². The topological polar surface area (TPSA) is 82.2 Å². The summed E-state index contributed by atoms with van der Waals surface area (Å²) in [5, 5.41) is 8.66. The van der Waals surface area contributed by atoms with Gasteiger partial charge in [-0.05, 0) is 11.4 Å². The lowest BCUT2D eigenvalue weighted by Crippen LogP contribution is -2.27. The van der Waals surface area contributed by atoms with E-state index in [2.05, 4.69) is 10.4 Å². The number of hydrogen-bond donors (Lipinski definition) is 2. The van der Waals surface area contributed by atoms with E-state index < -0.39 is 0 Å². The summed E-state index contributed by atoms with van der Waals surface area (Å²) >= 11 is 1.35. The molecule has 2 aromatic rings. The first kappa shape index (κ1) is 12.4. The van der Waals surface area contributed by atoms with Gasteiger partial charge in [0.25, 0.3) is 5.91 Å². The van der Waals surface area contributed by atoms with Crippen LogP contribution >= 0.6 is 11.3 Å². The second-order valence-electron chi connectivity index (χ2n) is 3.61. The molecule has 1 amide bonds. The van der Waals surface area contributed by atoms with Gasteiger partial charge in [0.2, 0.25) is 0 Å². The normalized spacial score (nSPS) is 10.3. The molecule has 6 nitrogen and oxygen atoms in total. The highest BCUT2D eigenvalue weighted by atomic mass is 32.1. The molecule has 0 aliphatic rings. The second-order valence-corrected chi connectivity index (χ2v) is 4.53. The molecule has 0 unspecified atom stereocenters. The van der Waals surface area contributed by atoms with E-state index in [1.165, 1.54) is 11.3 Å². The summed E-state index contributed by atoms with van der Waals surface area (Å²) in [6, 6.07) is 1.77. The standard InChI is InChI=1S/C11H14N4O2S/c1-17-9-2-5-18-10(9)11(16)13-3-4-15-7-8(12)6-14-15/h2,5-7H,3-4,12H2,1H3,(H,13,16). The van der Waals surface area contributed by atoms with Crippen LogP contribution in [0, 0.1) is 0 Å². The second kappa shape index (κ2) is 5.54. The van der Waals surface area contributed by atoms with Crippen LogP contribution in [-0.4, -0.2) is 29.3 Å². The third kappa shape index (κ3) is 2.80. The molecule has 2 heterocycles. The van der Waals surface area contributed by atoms with Gasteiger partial charge in [-0.3, -0.25) is 9.48 Å². The van der Waals surface area contributed by atoms with Gasteiger partial charge in [-0.1, -0.05) is 0 Å². The van der Waals surface area contributed by atoms with E-state index >= 15 is 0 Å². The van der Waals surface area contributed by atoms with Crippen LogP contribution in [-0.2, 0) is 6.54 Å². The van der Waals surface area contributed by atoms with Crippen LogP contribution in [0.25, 0.3) is 0 Å². The Balaban J connectivity index is 1.85. The molecule has 7 heteroatoms. The summed E-state index contributed by atoms with van der Waals surface area (Å²) < 4.78 is 6.77. The molecule has 0 spiro atoms. The SMILES string of the molecule is COc1ccsc1C(=O)NCCn1cc(N)cn1. The molecule has 0 saturated heterocycles. The highest BCUT2D eigenvalue weighted by molar-refractivity contribution is 7.12. The molecule has 2 rings (SSSR count). The van der Waals surface area contributed by atoms with E-state index in [0.717, 1.165) is 0 Å². The summed E-state index contributed by atoms with van der Waals surface area (Å²) in [6.07, 6.45) is 3.29. The van der Waals surface area contributed by atoms with E-state index in [0.29, 0.717) is 29.4 Å². The fraction of sp³-hybridized carbons (Fsp3) is 0.273. The number of ether oxygens (including phenoxy) is 1. The minimum absolute atomic E-state index is 0.137. The highest BCUT2D eigenvalue weighted by Gasteiger charge is 2.12. The van der Waals surface area contributed by atoms with Gasteiger partial charge in [0.05, 0.1) is 25.5 Å². The average molecular weight is 266 g/mol. The molecule has 0 fully saturated rings. The first-order chi connectivity index (χ1) is 8.70. The number of nitrogen functional groups attached to an aromatic ring is 1. The Kier molecular flexibility index (Phi) is 3.83. The van der Waals surface area contributed by atoms with E-state index in [9.17, 15) is 4.79 Å². The molecule has 0 saturated carbocycles. The minimum atomic E-state index is -0.137. The number of aromatic nitrogens is 2. The number of nitrogens with one attached hydrogen (secondary N) is 1. The van der Waals surface area contributed by atoms with E-state index in [1.54, 1.807) is 30.3 Å². The smallest absolute Gasteiger partial charge is 0.265 e. The van der Waals surface area contributed by atoms with E-state index in [-0.39, 0.29) is 5.91 Å². The molecule has 0 aliphatic carbocycles. The van der Waals surface area contributed by atoms with Crippen LogP contribution in [0.4, 0.5) is 5.69 Å². The quantitative estimate of drug-likeness (QED) is 0.844. The van der Waals surface area contributed by atoms with Gasteiger partial charge in [-0.25, -0.2) is 0 Å². The van der Waals surface area contributed by atoms with Crippen LogP contribution < -0.4 is 15.8 Å². The molecule has 0 aromatic carbocycles. The van der Waals surface area contributed by atoms with E-state index in [1.807, 2.05) is 5.38 Å². The maximum atomic E-state index is 11.8. The zero-order chi connectivity index (χ0) is 13.0. The zero-order valence-electron chi connectivity index (χ0n) is 9.92. The Morgan fingerprint density at radius 1 is 1.67 bits per heavy atom. The van der Waals surface area contributed by atoms with Crippen LogP contribution in [0.3, 0.4) is 0 Å². The van der Waals surface area contributed by atoms with Crippen molar-refractivity contribution in [3.63, 3.8) is 0 Å². The number of methoxy groups -OCH3 is 1. The fourth-order valence-corrected chi connectivity index (χ4v) is 2.26. The lowest BCUT2D eigenvalue weighted by molar-refractivity contribution is 0.0953. The maximum Gasteiger partial charge on any atom is 0.265 e.